The van der Waals surface area contributed by atoms with Gasteiger partial charge in [0.2, 0.25) is 5.95 Å². The lowest BCUT2D eigenvalue weighted by Gasteiger charge is -2.11. The van der Waals surface area contributed by atoms with Crippen LogP contribution in [0.25, 0.3) is 11.2 Å². The number of hydrazone groups is 1. The number of rotatable bonds is 6. The molecule has 0 saturated carbocycles. The number of fused-ring (bicyclic) bond motifs is 1. The molecule has 0 aliphatic rings. The summed E-state index contributed by atoms with van der Waals surface area (Å²) < 4.78 is 8.24. The van der Waals surface area contributed by atoms with E-state index in [9.17, 15) is 9.59 Å². The highest BCUT2D eigenvalue weighted by Gasteiger charge is 2.18. The number of anilines is 1. The molecule has 148 valence electrons. The van der Waals surface area contributed by atoms with Crippen LogP contribution in [0.15, 0.2) is 39.0 Å². The summed E-state index contributed by atoms with van der Waals surface area (Å²) in [5.74, 6) is 1.44. The van der Waals surface area contributed by atoms with E-state index in [1.54, 1.807) is 18.7 Å². The van der Waals surface area contributed by atoms with E-state index in [-0.39, 0.29) is 5.92 Å². The number of aromatic nitrogens is 4. The van der Waals surface area contributed by atoms with Crippen molar-refractivity contribution in [1.82, 2.24) is 19.1 Å². The van der Waals surface area contributed by atoms with Gasteiger partial charge < -0.3 is 9.30 Å². The van der Waals surface area contributed by atoms with Crippen LogP contribution in [0, 0.1) is 5.92 Å². The van der Waals surface area contributed by atoms with E-state index in [1.165, 1.54) is 4.57 Å². The molecular formula is C19H24N6O3. The van der Waals surface area contributed by atoms with Crippen molar-refractivity contribution in [1.29, 1.82) is 0 Å². The Morgan fingerprint density at radius 3 is 2.57 bits per heavy atom. The Kier molecular flexibility index (Phi) is 5.34. The molecule has 0 aliphatic carbocycles. The van der Waals surface area contributed by atoms with Crippen molar-refractivity contribution < 1.29 is 4.74 Å². The maximum atomic E-state index is 12.4. The van der Waals surface area contributed by atoms with Crippen LogP contribution in [0.4, 0.5) is 5.95 Å². The zero-order valence-corrected chi connectivity index (χ0v) is 16.6. The predicted octanol–water partition coefficient (Wildman–Crippen LogP) is 1.92. The third-order valence-corrected chi connectivity index (χ3v) is 4.39. The van der Waals surface area contributed by atoms with Gasteiger partial charge in [0.15, 0.2) is 11.2 Å². The minimum absolute atomic E-state index is 0.265. The second-order valence-electron chi connectivity index (χ2n) is 6.97. The van der Waals surface area contributed by atoms with Gasteiger partial charge in [-0.15, -0.1) is 0 Å². The predicted molar refractivity (Wildman–Crippen MR) is 109 cm³/mol. The van der Waals surface area contributed by atoms with Gasteiger partial charge >= 0.3 is 5.69 Å². The Morgan fingerprint density at radius 1 is 1.29 bits per heavy atom. The number of nitrogens with zero attached hydrogens (tertiary/aromatic N) is 4. The molecule has 0 bridgehead atoms. The first-order valence-electron chi connectivity index (χ1n) is 8.96. The number of aromatic amines is 1. The summed E-state index contributed by atoms with van der Waals surface area (Å²) in [6.07, 6.45) is 0. The van der Waals surface area contributed by atoms with Gasteiger partial charge in [-0.1, -0.05) is 13.8 Å². The van der Waals surface area contributed by atoms with Gasteiger partial charge in [0.05, 0.1) is 12.8 Å². The largest absolute Gasteiger partial charge is 0.497 e. The molecule has 0 amide bonds. The van der Waals surface area contributed by atoms with E-state index in [0.717, 1.165) is 17.0 Å². The van der Waals surface area contributed by atoms with Crippen LogP contribution in [0.2, 0.25) is 0 Å². The minimum Gasteiger partial charge on any atom is -0.497 e. The van der Waals surface area contributed by atoms with Crippen LogP contribution in [-0.4, -0.2) is 31.9 Å². The van der Waals surface area contributed by atoms with Crippen molar-refractivity contribution in [2.75, 3.05) is 12.5 Å². The smallest absolute Gasteiger partial charge is 0.329 e. The Labute approximate surface area is 161 Å². The maximum absolute atomic E-state index is 12.4. The standard InChI is InChI=1S/C19H24N6O3/c1-11(2)10-25-15-16(24(4)19(27)21-17(15)26)20-18(25)23-22-12(3)13-6-8-14(28-5)9-7-13/h6-9,11H,10H2,1-5H3,(H,20,23)(H,21,26,27). The molecule has 0 radical (unpaired) electrons. The van der Waals surface area contributed by atoms with Crippen LogP contribution >= 0.6 is 0 Å². The van der Waals surface area contributed by atoms with Crippen LogP contribution in [0.5, 0.6) is 5.75 Å². The Morgan fingerprint density at radius 2 is 1.96 bits per heavy atom. The van der Waals surface area contributed by atoms with Gasteiger partial charge in [-0.2, -0.15) is 10.1 Å². The first-order valence-corrected chi connectivity index (χ1v) is 8.96. The maximum Gasteiger partial charge on any atom is 0.329 e. The van der Waals surface area contributed by atoms with Gasteiger partial charge in [-0.05, 0) is 42.7 Å². The summed E-state index contributed by atoms with van der Waals surface area (Å²) in [4.78, 5) is 31.1. The average Bonchev–Trinajstić information content (AvgIpc) is 3.02. The van der Waals surface area contributed by atoms with E-state index in [4.69, 9.17) is 4.74 Å². The third-order valence-electron chi connectivity index (χ3n) is 4.39. The van der Waals surface area contributed by atoms with Crippen molar-refractivity contribution in [3.8, 4) is 5.75 Å². The quantitative estimate of drug-likeness (QED) is 0.499. The molecule has 0 saturated heterocycles. The second kappa shape index (κ2) is 7.71. The number of ether oxygens (including phenoxy) is 1. The first-order chi connectivity index (χ1) is 13.3. The molecular weight excluding hydrogens is 360 g/mol. The van der Waals surface area contributed by atoms with Gasteiger partial charge in [0.25, 0.3) is 5.56 Å². The number of H-pyrrole nitrogens is 1. The number of methoxy groups -OCH3 is 1. The highest BCUT2D eigenvalue weighted by Crippen LogP contribution is 2.18. The number of nitrogens with one attached hydrogen (secondary N) is 2. The topological polar surface area (TPSA) is 106 Å². The van der Waals surface area contributed by atoms with E-state index >= 15 is 0 Å². The zero-order valence-electron chi connectivity index (χ0n) is 16.6. The van der Waals surface area contributed by atoms with Crippen LogP contribution in [0.3, 0.4) is 0 Å². The fourth-order valence-electron chi connectivity index (χ4n) is 2.89. The summed E-state index contributed by atoms with van der Waals surface area (Å²) in [6, 6.07) is 7.53. The number of aryl methyl sites for hydroxylation is 1. The molecule has 3 rings (SSSR count). The van der Waals surface area contributed by atoms with Crippen molar-refractivity contribution in [3.63, 3.8) is 0 Å². The zero-order chi connectivity index (χ0) is 20.4. The summed E-state index contributed by atoms with van der Waals surface area (Å²) in [7, 11) is 3.19. The van der Waals surface area contributed by atoms with Crippen molar-refractivity contribution >= 4 is 22.8 Å². The van der Waals surface area contributed by atoms with E-state index < -0.39 is 11.2 Å². The molecule has 1 aromatic carbocycles. The molecule has 9 nitrogen and oxygen atoms in total. The molecule has 2 aromatic heterocycles. The fourth-order valence-corrected chi connectivity index (χ4v) is 2.89. The number of hydrogen-bond donors (Lipinski definition) is 2. The van der Waals surface area contributed by atoms with E-state index in [0.29, 0.717) is 23.7 Å². The van der Waals surface area contributed by atoms with Gasteiger partial charge in [-0.3, -0.25) is 14.3 Å². The Balaban J connectivity index is 2.04. The highest BCUT2D eigenvalue weighted by molar-refractivity contribution is 5.99. The summed E-state index contributed by atoms with van der Waals surface area (Å²) in [5.41, 5.74) is 4.31. The lowest BCUT2D eigenvalue weighted by molar-refractivity contribution is 0.415. The van der Waals surface area contributed by atoms with Gasteiger partial charge in [-0.25, -0.2) is 10.2 Å². The number of benzene rings is 1. The summed E-state index contributed by atoms with van der Waals surface area (Å²) >= 11 is 0. The monoisotopic (exact) mass is 384 g/mol. The van der Waals surface area contributed by atoms with E-state index in [2.05, 4.69) is 20.5 Å². The third kappa shape index (κ3) is 3.68. The lowest BCUT2D eigenvalue weighted by atomic mass is 10.1. The Bertz CT molecular complexity index is 1140. The average molecular weight is 384 g/mol. The van der Waals surface area contributed by atoms with Crippen molar-refractivity contribution in [2.45, 2.75) is 27.3 Å². The van der Waals surface area contributed by atoms with Crippen molar-refractivity contribution in [3.05, 3.63) is 50.7 Å². The van der Waals surface area contributed by atoms with Crippen molar-refractivity contribution in [2.24, 2.45) is 18.1 Å². The molecule has 2 N–H and O–H groups in total. The normalized spacial score (nSPS) is 12.0. The second-order valence-corrected chi connectivity index (χ2v) is 6.97. The van der Waals surface area contributed by atoms with Crippen LogP contribution in [0.1, 0.15) is 26.3 Å². The first kappa shape index (κ1) is 19.4. The molecule has 28 heavy (non-hydrogen) atoms. The molecule has 2 heterocycles. The minimum atomic E-state index is -0.504. The molecule has 9 heteroatoms. The molecule has 0 unspecified atom stereocenters. The Hall–Kier alpha value is -3.36. The fraction of sp³-hybridized carbons (Fsp3) is 0.368. The van der Waals surface area contributed by atoms with E-state index in [1.807, 2.05) is 45.0 Å². The summed E-state index contributed by atoms with van der Waals surface area (Å²) in [6.45, 7) is 6.50. The number of imidazole rings is 1. The molecule has 3 aromatic rings. The SMILES string of the molecule is COc1ccc(C(C)=NNc2nc3c(c(=O)[nH]c(=O)n3C)n2CC(C)C)cc1. The van der Waals surface area contributed by atoms with Gasteiger partial charge in [0.1, 0.15) is 5.75 Å². The van der Waals surface area contributed by atoms with Crippen LogP contribution in [-0.2, 0) is 13.6 Å². The summed E-state index contributed by atoms with van der Waals surface area (Å²) in [5, 5.41) is 4.41. The lowest BCUT2D eigenvalue weighted by Crippen LogP contribution is -2.29. The van der Waals surface area contributed by atoms with Crippen LogP contribution < -0.4 is 21.4 Å². The molecule has 0 atom stereocenters. The molecule has 0 aliphatic heterocycles. The molecule has 0 spiro atoms. The highest BCUT2D eigenvalue weighted by atomic mass is 16.5. The van der Waals surface area contributed by atoms with Gasteiger partial charge in [0, 0.05) is 13.6 Å². The molecule has 0 fully saturated rings. The number of hydrogen-bond acceptors (Lipinski definition) is 6.